The molecule has 104 valence electrons. The molecule has 0 amide bonds. The SMILES string of the molecule is COc1ccccc1C=CC=C1Cc2ccccc2C1=O. The van der Waals surface area contributed by atoms with Gasteiger partial charge in [0.15, 0.2) is 5.78 Å². The van der Waals surface area contributed by atoms with E-state index in [9.17, 15) is 4.79 Å². The first kappa shape index (κ1) is 13.4. The molecule has 0 spiro atoms. The summed E-state index contributed by atoms with van der Waals surface area (Å²) in [5.74, 6) is 0.962. The minimum absolute atomic E-state index is 0.135. The molecule has 1 aliphatic carbocycles. The van der Waals surface area contributed by atoms with Crippen LogP contribution in [0.4, 0.5) is 0 Å². The van der Waals surface area contributed by atoms with Gasteiger partial charge >= 0.3 is 0 Å². The van der Waals surface area contributed by atoms with Crippen LogP contribution in [0.15, 0.2) is 66.3 Å². The largest absolute Gasteiger partial charge is 0.496 e. The Balaban J connectivity index is 1.82. The molecule has 0 aliphatic heterocycles. The van der Waals surface area contributed by atoms with Crippen LogP contribution in [0.2, 0.25) is 0 Å². The van der Waals surface area contributed by atoms with Gasteiger partial charge in [-0.1, -0.05) is 60.7 Å². The van der Waals surface area contributed by atoms with Crippen LogP contribution in [0.5, 0.6) is 5.75 Å². The lowest BCUT2D eigenvalue weighted by Crippen LogP contribution is -1.94. The number of fused-ring (bicyclic) bond motifs is 1. The maximum absolute atomic E-state index is 12.2. The molecule has 0 N–H and O–H groups in total. The highest BCUT2D eigenvalue weighted by Gasteiger charge is 2.23. The maximum Gasteiger partial charge on any atom is 0.189 e. The lowest BCUT2D eigenvalue weighted by atomic mass is 10.1. The van der Waals surface area contributed by atoms with Gasteiger partial charge < -0.3 is 4.74 Å². The van der Waals surface area contributed by atoms with Gasteiger partial charge in [-0.2, -0.15) is 0 Å². The second kappa shape index (κ2) is 5.80. The number of ketones is 1. The molecule has 3 rings (SSSR count). The topological polar surface area (TPSA) is 26.3 Å². The molecule has 2 nitrogen and oxygen atoms in total. The summed E-state index contributed by atoms with van der Waals surface area (Å²) in [6.45, 7) is 0. The van der Waals surface area contributed by atoms with Gasteiger partial charge in [0.25, 0.3) is 0 Å². The summed E-state index contributed by atoms with van der Waals surface area (Å²) in [7, 11) is 1.66. The van der Waals surface area contributed by atoms with Crippen LogP contribution >= 0.6 is 0 Å². The van der Waals surface area contributed by atoms with Gasteiger partial charge in [-0.25, -0.2) is 0 Å². The number of carbonyl (C=O) groups excluding carboxylic acids is 1. The fourth-order valence-corrected chi connectivity index (χ4v) is 2.56. The monoisotopic (exact) mass is 276 g/mol. The molecule has 1 aliphatic rings. The van der Waals surface area contributed by atoms with Gasteiger partial charge in [0, 0.05) is 23.1 Å². The van der Waals surface area contributed by atoms with Crippen LogP contribution in [-0.4, -0.2) is 12.9 Å². The number of ether oxygens (including phenoxy) is 1. The Morgan fingerprint density at radius 2 is 1.81 bits per heavy atom. The third-order valence-corrected chi connectivity index (χ3v) is 3.65. The van der Waals surface area contributed by atoms with Crippen molar-refractivity contribution in [3.8, 4) is 5.75 Å². The first-order valence-electron chi connectivity index (χ1n) is 6.92. The summed E-state index contributed by atoms with van der Waals surface area (Å²) in [6, 6.07) is 15.6. The van der Waals surface area contributed by atoms with Gasteiger partial charge in [0.2, 0.25) is 0 Å². The normalized spacial score (nSPS) is 15.7. The van der Waals surface area contributed by atoms with E-state index >= 15 is 0 Å². The van der Waals surface area contributed by atoms with Crippen molar-refractivity contribution in [1.29, 1.82) is 0 Å². The van der Waals surface area contributed by atoms with Crippen molar-refractivity contribution in [3.05, 3.63) is 82.9 Å². The van der Waals surface area contributed by atoms with Gasteiger partial charge in [0.05, 0.1) is 7.11 Å². The highest BCUT2D eigenvalue weighted by molar-refractivity contribution is 6.13. The van der Waals surface area contributed by atoms with Crippen LogP contribution in [-0.2, 0) is 6.42 Å². The molecule has 0 aromatic heterocycles. The van der Waals surface area contributed by atoms with Crippen LogP contribution in [0.1, 0.15) is 21.5 Å². The summed E-state index contributed by atoms with van der Waals surface area (Å²) < 4.78 is 5.30. The number of benzene rings is 2. The van der Waals surface area contributed by atoms with Crippen LogP contribution in [0, 0.1) is 0 Å². The van der Waals surface area contributed by atoms with Crippen LogP contribution in [0.3, 0.4) is 0 Å². The predicted molar refractivity (Wildman–Crippen MR) is 84.6 cm³/mol. The molecular weight excluding hydrogens is 260 g/mol. The molecule has 2 aromatic rings. The molecule has 0 bridgehead atoms. The van der Waals surface area contributed by atoms with E-state index in [1.165, 1.54) is 0 Å². The summed E-state index contributed by atoms with van der Waals surface area (Å²) in [5.41, 5.74) is 3.77. The van der Waals surface area contributed by atoms with E-state index in [1.54, 1.807) is 7.11 Å². The molecule has 2 aromatic carbocycles. The van der Waals surface area contributed by atoms with Crippen molar-refractivity contribution in [2.75, 3.05) is 7.11 Å². The van der Waals surface area contributed by atoms with Crippen molar-refractivity contribution >= 4 is 11.9 Å². The van der Waals surface area contributed by atoms with E-state index in [0.29, 0.717) is 6.42 Å². The van der Waals surface area contributed by atoms with Crippen molar-refractivity contribution in [3.63, 3.8) is 0 Å². The Kier molecular flexibility index (Phi) is 3.69. The van der Waals surface area contributed by atoms with Crippen LogP contribution in [0.25, 0.3) is 6.08 Å². The zero-order valence-electron chi connectivity index (χ0n) is 11.9. The van der Waals surface area contributed by atoms with E-state index in [0.717, 1.165) is 28.0 Å². The van der Waals surface area contributed by atoms with E-state index in [-0.39, 0.29) is 5.78 Å². The fraction of sp³-hybridized carbons (Fsp3) is 0.105. The Hall–Kier alpha value is -2.61. The molecule has 0 fully saturated rings. The lowest BCUT2D eigenvalue weighted by Gasteiger charge is -2.02. The van der Waals surface area contributed by atoms with E-state index in [4.69, 9.17) is 4.74 Å². The number of hydrogen-bond acceptors (Lipinski definition) is 2. The first-order chi connectivity index (χ1) is 10.3. The quantitative estimate of drug-likeness (QED) is 0.790. The second-order valence-corrected chi connectivity index (χ2v) is 4.96. The molecule has 21 heavy (non-hydrogen) atoms. The Morgan fingerprint density at radius 3 is 2.62 bits per heavy atom. The number of methoxy groups -OCH3 is 1. The van der Waals surface area contributed by atoms with Crippen molar-refractivity contribution in [1.82, 2.24) is 0 Å². The van der Waals surface area contributed by atoms with Gasteiger partial charge in [-0.3, -0.25) is 4.79 Å². The van der Waals surface area contributed by atoms with Gasteiger partial charge in [-0.05, 0) is 11.6 Å². The number of rotatable bonds is 3. The van der Waals surface area contributed by atoms with Gasteiger partial charge in [0.1, 0.15) is 5.75 Å². The molecule has 0 saturated heterocycles. The maximum atomic E-state index is 12.2. The average Bonchev–Trinajstić information content (AvgIpc) is 2.85. The van der Waals surface area contributed by atoms with Crippen molar-refractivity contribution in [2.24, 2.45) is 0 Å². The lowest BCUT2D eigenvalue weighted by molar-refractivity contribution is 0.103. The van der Waals surface area contributed by atoms with E-state index < -0.39 is 0 Å². The van der Waals surface area contributed by atoms with Crippen molar-refractivity contribution < 1.29 is 9.53 Å². The third-order valence-electron chi connectivity index (χ3n) is 3.65. The van der Waals surface area contributed by atoms with Crippen LogP contribution < -0.4 is 4.74 Å². The van der Waals surface area contributed by atoms with Gasteiger partial charge in [-0.15, -0.1) is 0 Å². The minimum atomic E-state index is 0.135. The Labute approximate surface area is 124 Å². The number of hydrogen-bond donors (Lipinski definition) is 0. The average molecular weight is 276 g/mol. The highest BCUT2D eigenvalue weighted by Crippen LogP contribution is 2.26. The zero-order valence-corrected chi connectivity index (χ0v) is 11.9. The molecule has 0 saturated carbocycles. The Morgan fingerprint density at radius 1 is 1.05 bits per heavy atom. The molecule has 2 heteroatoms. The third kappa shape index (κ3) is 2.65. The molecule has 0 unspecified atom stereocenters. The summed E-state index contributed by atoms with van der Waals surface area (Å²) in [4.78, 5) is 12.2. The molecule has 0 atom stereocenters. The predicted octanol–water partition coefficient (Wildman–Crippen LogP) is 4.07. The first-order valence-corrected chi connectivity index (χ1v) is 6.92. The van der Waals surface area contributed by atoms with Crippen molar-refractivity contribution in [2.45, 2.75) is 6.42 Å². The zero-order chi connectivity index (χ0) is 14.7. The highest BCUT2D eigenvalue weighted by atomic mass is 16.5. The second-order valence-electron chi connectivity index (χ2n) is 4.96. The number of Topliss-reactive ketones (excluding diaryl/α,β-unsaturated/α-hetero) is 1. The summed E-state index contributed by atoms with van der Waals surface area (Å²) in [5, 5.41) is 0. The minimum Gasteiger partial charge on any atom is -0.496 e. The summed E-state index contributed by atoms with van der Waals surface area (Å²) >= 11 is 0. The Bertz CT molecular complexity index is 739. The number of allylic oxidation sites excluding steroid dienone is 3. The molecule has 0 radical (unpaired) electrons. The number of carbonyl (C=O) groups is 1. The fourth-order valence-electron chi connectivity index (χ4n) is 2.56. The van der Waals surface area contributed by atoms with E-state index in [2.05, 4.69) is 0 Å². The number of para-hydroxylation sites is 1. The summed E-state index contributed by atoms with van der Waals surface area (Å²) in [6.07, 6.45) is 6.49. The molecular formula is C19H16O2. The van der Waals surface area contributed by atoms with E-state index in [1.807, 2.05) is 66.8 Å². The molecule has 0 heterocycles. The standard InChI is InChI=1S/C19H16O2/c1-21-18-12-5-3-7-14(18)9-6-10-16-13-15-8-2-4-11-17(15)19(16)20/h2-12H,13H2,1H3. The smallest absolute Gasteiger partial charge is 0.189 e.